The van der Waals surface area contributed by atoms with Crippen molar-refractivity contribution in [3.63, 3.8) is 0 Å². The molecule has 0 unspecified atom stereocenters. The van der Waals surface area contributed by atoms with Crippen molar-refractivity contribution in [2.45, 2.75) is 13.8 Å². The summed E-state index contributed by atoms with van der Waals surface area (Å²) in [6.45, 7) is 3.37. The summed E-state index contributed by atoms with van der Waals surface area (Å²) in [6.07, 6.45) is 5.84. The first-order chi connectivity index (χ1) is 16.6. The Balaban J connectivity index is 1.75. The van der Waals surface area contributed by atoms with Crippen LogP contribution in [0, 0.1) is 17.6 Å². The van der Waals surface area contributed by atoms with Gasteiger partial charge in [0.2, 0.25) is 15.8 Å². The fourth-order valence-corrected chi connectivity index (χ4v) is 5.00. The van der Waals surface area contributed by atoms with E-state index in [0.717, 1.165) is 12.1 Å². The highest BCUT2D eigenvalue weighted by Gasteiger charge is 2.26. The molecular weight excluding hydrogens is 480 g/mol. The van der Waals surface area contributed by atoms with Gasteiger partial charge in [-0.2, -0.15) is 0 Å². The summed E-state index contributed by atoms with van der Waals surface area (Å²) >= 11 is 0. The van der Waals surface area contributed by atoms with Gasteiger partial charge in [0.25, 0.3) is 0 Å². The Morgan fingerprint density at radius 1 is 1.11 bits per heavy atom. The number of hydrogen-bond acceptors (Lipinski definition) is 7. The van der Waals surface area contributed by atoms with E-state index in [-0.39, 0.29) is 23.2 Å². The van der Waals surface area contributed by atoms with Gasteiger partial charge < -0.3 is 9.72 Å². The second kappa shape index (κ2) is 9.37. The maximum atomic E-state index is 15.2. The van der Waals surface area contributed by atoms with Crippen molar-refractivity contribution in [2.75, 3.05) is 17.6 Å². The van der Waals surface area contributed by atoms with Crippen LogP contribution in [-0.4, -0.2) is 47.0 Å². The molecule has 0 saturated carbocycles. The zero-order valence-electron chi connectivity index (χ0n) is 19.0. The van der Waals surface area contributed by atoms with Crippen LogP contribution in [0.3, 0.4) is 0 Å². The number of ether oxygens (including phenoxy) is 1. The number of ketones is 1. The van der Waals surface area contributed by atoms with Crippen LogP contribution in [0.4, 0.5) is 14.5 Å². The molecule has 9 nitrogen and oxygen atoms in total. The number of benzene rings is 1. The van der Waals surface area contributed by atoms with Crippen molar-refractivity contribution in [1.29, 1.82) is 0 Å². The highest BCUT2D eigenvalue weighted by Crippen LogP contribution is 2.29. The molecule has 4 aromatic rings. The number of nitrogens with one attached hydrogen (secondary N) is 2. The number of rotatable bonds is 8. The number of hydrogen-bond donors (Lipinski definition) is 2. The van der Waals surface area contributed by atoms with Gasteiger partial charge in [-0.1, -0.05) is 13.8 Å². The minimum Gasteiger partial charge on any atom is -0.467 e. The molecule has 182 valence electrons. The molecule has 0 aliphatic carbocycles. The van der Waals surface area contributed by atoms with Gasteiger partial charge in [0, 0.05) is 46.9 Å². The number of halogens is 2. The lowest BCUT2D eigenvalue weighted by Crippen LogP contribution is -2.21. The molecule has 0 aliphatic heterocycles. The number of carbonyl (C=O) groups excluding carboxylic acids is 1. The van der Waals surface area contributed by atoms with Gasteiger partial charge in [-0.3, -0.25) is 9.52 Å². The molecule has 1 aromatic carbocycles. The minimum atomic E-state index is -3.90. The Labute approximate surface area is 199 Å². The summed E-state index contributed by atoms with van der Waals surface area (Å²) in [4.78, 5) is 28.4. The van der Waals surface area contributed by atoms with Crippen molar-refractivity contribution >= 4 is 32.5 Å². The maximum absolute atomic E-state index is 15.2. The average Bonchev–Trinajstić information content (AvgIpc) is 3.23. The first kappa shape index (κ1) is 24.2. The molecule has 0 atom stereocenters. The highest BCUT2D eigenvalue weighted by molar-refractivity contribution is 7.92. The topological polar surface area (TPSA) is 127 Å². The van der Waals surface area contributed by atoms with E-state index in [9.17, 15) is 17.6 Å². The second-order valence-electron chi connectivity index (χ2n) is 8.17. The molecule has 3 heterocycles. The lowest BCUT2D eigenvalue weighted by molar-refractivity contribution is 0.103. The van der Waals surface area contributed by atoms with Crippen LogP contribution in [0.5, 0.6) is 6.01 Å². The molecule has 12 heteroatoms. The average molecular weight is 502 g/mol. The van der Waals surface area contributed by atoms with Gasteiger partial charge >= 0.3 is 6.01 Å². The number of aromatic nitrogens is 4. The summed E-state index contributed by atoms with van der Waals surface area (Å²) in [5, 5.41) is 0.313. The molecule has 0 radical (unpaired) electrons. The molecule has 0 fully saturated rings. The Morgan fingerprint density at radius 3 is 2.46 bits per heavy atom. The van der Waals surface area contributed by atoms with Gasteiger partial charge in [-0.05, 0) is 24.1 Å². The smallest absolute Gasteiger partial charge is 0.316 e. The number of aromatic amines is 1. The number of nitrogens with zero attached hydrogens (tertiary/aromatic N) is 3. The number of fused-ring (bicyclic) bond motifs is 1. The first-order valence-electron chi connectivity index (χ1n) is 10.5. The number of sulfonamides is 1. The minimum absolute atomic E-state index is 0.0382. The largest absolute Gasteiger partial charge is 0.467 e. The zero-order chi connectivity index (χ0) is 25.3. The molecule has 0 aliphatic rings. The van der Waals surface area contributed by atoms with Gasteiger partial charge in [0.05, 0.1) is 24.1 Å². The maximum Gasteiger partial charge on any atom is 0.316 e. The molecule has 3 aromatic heterocycles. The first-order valence-corrected chi connectivity index (χ1v) is 12.1. The summed E-state index contributed by atoms with van der Waals surface area (Å²) in [7, 11) is -2.47. The number of H-pyrrole nitrogens is 1. The van der Waals surface area contributed by atoms with Gasteiger partial charge in [0.1, 0.15) is 11.5 Å². The van der Waals surface area contributed by atoms with E-state index in [4.69, 9.17) is 4.74 Å². The van der Waals surface area contributed by atoms with Crippen molar-refractivity contribution < 1.29 is 26.7 Å². The van der Waals surface area contributed by atoms with Crippen LogP contribution in [-0.2, 0) is 10.0 Å². The quantitative estimate of drug-likeness (QED) is 0.350. The van der Waals surface area contributed by atoms with Gasteiger partial charge in [0.15, 0.2) is 5.82 Å². The third-order valence-corrected chi connectivity index (χ3v) is 6.69. The fraction of sp³-hybridized carbons (Fsp3) is 0.217. The van der Waals surface area contributed by atoms with E-state index >= 15 is 4.39 Å². The third-order valence-electron chi connectivity index (χ3n) is 5.06. The van der Waals surface area contributed by atoms with E-state index in [1.165, 1.54) is 31.9 Å². The molecule has 0 bridgehead atoms. The van der Waals surface area contributed by atoms with E-state index < -0.39 is 38.7 Å². The van der Waals surface area contributed by atoms with E-state index in [0.29, 0.717) is 22.2 Å². The summed E-state index contributed by atoms with van der Waals surface area (Å²) < 4.78 is 61.4. The number of methoxy groups -OCH3 is 1. The fourth-order valence-electron chi connectivity index (χ4n) is 3.54. The van der Waals surface area contributed by atoms with Crippen LogP contribution < -0.4 is 9.46 Å². The standard InChI is InChI=1S/C23H21F2N5O4S/c1-12(2)11-35(32,33)30-18-5-4-17(24)19(20(18)25)21(31)16-10-27-22-15(16)6-13(7-26-22)14-8-28-23(34-3)29-9-14/h4-10,12,30H,11H2,1-3H3,(H,26,27). The monoisotopic (exact) mass is 501 g/mol. The Kier molecular flexibility index (Phi) is 6.48. The molecule has 2 N–H and O–H groups in total. The van der Waals surface area contributed by atoms with Crippen LogP contribution >= 0.6 is 0 Å². The molecule has 0 spiro atoms. The summed E-state index contributed by atoms with van der Waals surface area (Å²) in [5.74, 6) is -3.88. The molecule has 0 amide bonds. The lowest BCUT2D eigenvalue weighted by atomic mass is 10.0. The molecule has 0 saturated heterocycles. The zero-order valence-corrected chi connectivity index (χ0v) is 19.8. The van der Waals surface area contributed by atoms with Crippen LogP contribution in [0.15, 0.2) is 43.0 Å². The Morgan fingerprint density at radius 2 is 1.80 bits per heavy atom. The highest BCUT2D eigenvalue weighted by atomic mass is 32.2. The van der Waals surface area contributed by atoms with Crippen molar-refractivity contribution in [1.82, 2.24) is 19.9 Å². The number of pyridine rings is 1. The van der Waals surface area contributed by atoms with Crippen molar-refractivity contribution in [3.8, 4) is 17.1 Å². The predicted molar refractivity (Wildman–Crippen MR) is 126 cm³/mol. The summed E-state index contributed by atoms with van der Waals surface area (Å²) in [6, 6.07) is 3.58. The number of anilines is 1. The number of carbonyl (C=O) groups is 1. The van der Waals surface area contributed by atoms with Gasteiger partial charge in [-0.25, -0.2) is 32.2 Å². The van der Waals surface area contributed by atoms with Crippen molar-refractivity contribution in [2.24, 2.45) is 5.92 Å². The molecule has 4 rings (SSSR count). The van der Waals surface area contributed by atoms with Crippen LogP contribution in [0.2, 0.25) is 0 Å². The van der Waals surface area contributed by atoms with Crippen LogP contribution in [0.25, 0.3) is 22.2 Å². The predicted octanol–water partition coefficient (Wildman–Crippen LogP) is 3.94. The SMILES string of the molecule is COc1ncc(-c2cnc3[nH]cc(C(=O)c4c(F)ccc(NS(=O)(=O)CC(C)C)c4F)c3c2)cn1. The molecular formula is C23H21F2N5O4S. The molecule has 35 heavy (non-hydrogen) atoms. The van der Waals surface area contributed by atoms with E-state index in [2.05, 4.69) is 24.7 Å². The van der Waals surface area contributed by atoms with Gasteiger partial charge in [-0.15, -0.1) is 0 Å². The van der Waals surface area contributed by atoms with E-state index in [1.54, 1.807) is 19.9 Å². The second-order valence-corrected chi connectivity index (χ2v) is 9.94. The Bertz CT molecular complexity index is 1520. The van der Waals surface area contributed by atoms with Crippen molar-refractivity contribution in [3.05, 3.63) is 65.7 Å². The van der Waals surface area contributed by atoms with E-state index in [1.807, 2.05) is 0 Å². The third kappa shape index (κ3) is 4.97. The normalized spacial score (nSPS) is 11.7. The Hall–Kier alpha value is -3.93. The van der Waals surface area contributed by atoms with Crippen LogP contribution in [0.1, 0.15) is 29.8 Å². The lowest BCUT2D eigenvalue weighted by Gasteiger charge is -2.13. The summed E-state index contributed by atoms with van der Waals surface area (Å²) in [5.41, 5.74) is 0.0341.